The Morgan fingerprint density at radius 1 is 1.06 bits per heavy atom. The standard InChI is InChI=1S/C12H7NO4/c14-11-9-7-4-2-1-3-6(7)5-8(17-16)10(9)12(15)13-11/h1-5,16H,(H,13,14,15). The van der Waals surface area contributed by atoms with Crippen LogP contribution in [-0.4, -0.2) is 17.1 Å². The monoisotopic (exact) mass is 229 g/mol. The van der Waals surface area contributed by atoms with Crippen molar-refractivity contribution in [2.75, 3.05) is 0 Å². The van der Waals surface area contributed by atoms with Gasteiger partial charge < -0.3 is 4.89 Å². The molecule has 0 fully saturated rings. The molecule has 5 nitrogen and oxygen atoms in total. The van der Waals surface area contributed by atoms with Crippen molar-refractivity contribution in [1.29, 1.82) is 0 Å². The van der Waals surface area contributed by atoms with Crippen LogP contribution in [0.1, 0.15) is 20.7 Å². The molecule has 1 aliphatic rings. The van der Waals surface area contributed by atoms with Crippen LogP contribution in [0.2, 0.25) is 0 Å². The number of hydrogen-bond acceptors (Lipinski definition) is 4. The lowest BCUT2D eigenvalue weighted by Gasteiger charge is -2.05. The van der Waals surface area contributed by atoms with E-state index in [9.17, 15) is 9.59 Å². The summed E-state index contributed by atoms with van der Waals surface area (Å²) in [5.41, 5.74) is 0.327. The average molecular weight is 229 g/mol. The molecule has 84 valence electrons. The third kappa shape index (κ3) is 1.23. The third-order valence-electron chi connectivity index (χ3n) is 2.79. The summed E-state index contributed by atoms with van der Waals surface area (Å²) in [7, 11) is 0. The Bertz CT molecular complexity index is 663. The number of imide groups is 1. The van der Waals surface area contributed by atoms with Crippen molar-refractivity contribution in [2.24, 2.45) is 0 Å². The fourth-order valence-corrected chi connectivity index (χ4v) is 2.08. The van der Waals surface area contributed by atoms with E-state index in [0.717, 1.165) is 5.39 Å². The molecule has 17 heavy (non-hydrogen) atoms. The predicted molar refractivity (Wildman–Crippen MR) is 59.0 cm³/mol. The molecule has 0 spiro atoms. The van der Waals surface area contributed by atoms with Gasteiger partial charge in [-0.1, -0.05) is 24.3 Å². The molecule has 0 aromatic heterocycles. The minimum absolute atomic E-state index is 0.0120. The molecule has 2 aromatic rings. The molecule has 2 aromatic carbocycles. The highest BCUT2D eigenvalue weighted by Gasteiger charge is 2.32. The molecule has 3 rings (SSSR count). The molecular formula is C12H7NO4. The highest BCUT2D eigenvalue weighted by Crippen LogP contribution is 2.33. The first kappa shape index (κ1) is 9.80. The van der Waals surface area contributed by atoms with E-state index in [1.165, 1.54) is 6.07 Å². The van der Waals surface area contributed by atoms with E-state index in [0.29, 0.717) is 5.39 Å². The van der Waals surface area contributed by atoms with E-state index in [2.05, 4.69) is 10.2 Å². The van der Waals surface area contributed by atoms with Gasteiger partial charge in [0.2, 0.25) is 0 Å². The summed E-state index contributed by atoms with van der Waals surface area (Å²) in [6.07, 6.45) is 0. The summed E-state index contributed by atoms with van der Waals surface area (Å²) in [5.74, 6) is -1.04. The van der Waals surface area contributed by atoms with Gasteiger partial charge in [-0.25, -0.2) is 5.26 Å². The van der Waals surface area contributed by atoms with Crippen LogP contribution in [-0.2, 0) is 0 Å². The van der Waals surface area contributed by atoms with E-state index >= 15 is 0 Å². The number of benzene rings is 2. The number of amides is 2. The summed E-state index contributed by atoms with van der Waals surface area (Å²) >= 11 is 0. The Labute approximate surface area is 95.5 Å². The number of carbonyl (C=O) groups excluding carboxylic acids is 2. The second-order valence-corrected chi connectivity index (χ2v) is 3.72. The lowest BCUT2D eigenvalue weighted by molar-refractivity contribution is -0.137. The third-order valence-corrected chi connectivity index (χ3v) is 2.79. The molecule has 0 radical (unpaired) electrons. The van der Waals surface area contributed by atoms with E-state index in [1.807, 2.05) is 0 Å². The van der Waals surface area contributed by atoms with E-state index in [1.54, 1.807) is 24.3 Å². The molecule has 0 saturated carbocycles. The molecular weight excluding hydrogens is 222 g/mol. The zero-order valence-electron chi connectivity index (χ0n) is 8.56. The Morgan fingerprint density at radius 3 is 2.53 bits per heavy atom. The van der Waals surface area contributed by atoms with Gasteiger partial charge in [-0.05, 0) is 16.8 Å². The van der Waals surface area contributed by atoms with Gasteiger partial charge in [0.1, 0.15) is 0 Å². The Morgan fingerprint density at radius 2 is 1.76 bits per heavy atom. The SMILES string of the molecule is O=C1NC(=O)c2c1c(OO)cc1ccccc21. The van der Waals surface area contributed by atoms with Crippen molar-refractivity contribution in [3.8, 4) is 5.75 Å². The van der Waals surface area contributed by atoms with Crippen LogP contribution >= 0.6 is 0 Å². The van der Waals surface area contributed by atoms with Crippen molar-refractivity contribution in [2.45, 2.75) is 0 Å². The van der Waals surface area contributed by atoms with Crippen molar-refractivity contribution in [3.05, 3.63) is 41.5 Å². The summed E-state index contributed by atoms with van der Waals surface area (Å²) in [5, 5.41) is 12.3. The van der Waals surface area contributed by atoms with Gasteiger partial charge >= 0.3 is 0 Å². The van der Waals surface area contributed by atoms with E-state index in [4.69, 9.17) is 5.26 Å². The normalized spacial score (nSPS) is 13.7. The molecule has 0 bridgehead atoms. The lowest BCUT2D eigenvalue weighted by atomic mass is 9.99. The van der Waals surface area contributed by atoms with Crippen molar-refractivity contribution >= 4 is 22.6 Å². The van der Waals surface area contributed by atoms with Crippen LogP contribution in [0, 0.1) is 0 Å². The molecule has 0 atom stereocenters. The zero-order chi connectivity index (χ0) is 12.0. The van der Waals surface area contributed by atoms with E-state index in [-0.39, 0.29) is 16.9 Å². The molecule has 1 heterocycles. The maximum Gasteiger partial charge on any atom is 0.262 e. The van der Waals surface area contributed by atoms with Gasteiger partial charge in [0.15, 0.2) is 5.75 Å². The Kier molecular flexibility index (Phi) is 1.90. The smallest absolute Gasteiger partial charge is 0.262 e. The first-order valence-electron chi connectivity index (χ1n) is 4.95. The topological polar surface area (TPSA) is 75.6 Å². The number of nitrogens with one attached hydrogen (secondary N) is 1. The minimum atomic E-state index is -0.556. The highest BCUT2D eigenvalue weighted by atomic mass is 17.1. The van der Waals surface area contributed by atoms with Crippen molar-refractivity contribution in [3.63, 3.8) is 0 Å². The first-order chi connectivity index (χ1) is 8.22. The highest BCUT2D eigenvalue weighted by molar-refractivity contribution is 6.27. The quantitative estimate of drug-likeness (QED) is 0.442. The molecule has 0 unspecified atom stereocenters. The van der Waals surface area contributed by atoms with Gasteiger partial charge in [0.25, 0.3) is 11.8 Å². The van der Waals surface area contributed by atoms with Crippen molar-refractivity contribution < 1.29 is 19.7 Å². The van der Waals surface area contributed by atoms with Crippen LogP contribution in [0.15, 0.2) is 30.3 Å². The number of carbonyl (C=O) groups is 2. The van der Waals surface area contributed by atoms with Crippen LogP contribution in [0.25, 0.3) is 10.8 Å². The Balaban J connectivity index is 2.50. The number of fused-ring (bicyclic) bond motifs is 3. The van der Waals surface area contributed by atoms with Gasteiger partial charge in [0.05, 0.1) is 11.1 Å². The molecule has 1 aliphatic heterocycles. The molecule has 0 saturated heterocycles. The molecule has 5 heteroatoms. The summed E-state index contributed by atoms with van der Waals surface area (Å²) in [6.45, 7) is 0. The van der Waals surface area contributed by atoms with Gasteiger partial charge in [0, 0.05) is 0 Å². The van der Waals surface area contributed by atoms with E-state index < -0.39 is 11.8 Å². The lowest BCUT2D eigenvalue weighted by Crippen LogP contribution is -2.20. The summed E-state index contributed by atoms with van der Waals surface area (Å²) in [4.78, 5) is 27.4. The van der Waals surface area contributed by atoms with Gasteiger partial charge in [-0.3, -0.25) is 14.9 Å². The van der Waals surface area contributed by atoms with Gasteiger partial charge in [-0.15, -0.1) is 0 Å². The maximum atomic E-state index is 11.7. The predicted octanol–water partition coefficient (Wildman–Crippen LogP) is 1.58. The molecule has 0 aliphatic carbocycles. The summed E-state index contributed by atoms with van der Waals surface area (Å²) < 4.78 is 0. The zero-order valence-corrected chi connectivity index (χ0v) is 8.56. The average Bonchev–Trinajstić information content (AvgIpc) is 2.65. The second kappa shape index (κ2) is 3.29. The van der Waals surface area contributed by atoms with Crippen LogP contribution in [0.4, 0.5) is 0 Å². The van der Waals surface area contributed by atoms with Crippen LogP contribution in [0.5, 0.6) is 5.75 Å². The fraction of sp³-hybridized carbons (Fsp3) is 0. The second-order valence-electron chi connectivity index (χ2n) is 3.72. The molecule has 2 amide bonds. The minimum Gasteiger partial charge on any atom is -0.339 e. The Hall–Kier alpha value is -2.40. The molecule has 2 N–H and O–H groups in total. The fourth-order valence-electron chi connectivity index (χ4n) is 2.08. The number of hydrogen-bond donors (Lipinski definition) is 2. The van der Waals surface area contributed by atoms with Gasteiger partial charge in [-0.2, -0.15) is 0 Å². The maximum absolute atomic E-state index is 11.7. The summed E-state index contributed by atoms with van der Waals surface area (Å²) in [6, 6.07) is 8.61. The van der Waals surface area contributed by atoms with Crippen molar-refractivity contribution in [1.82, 2.24) is 5.32 Å². The van der Waals surface area contributed by atoms with Crippen LogP contribution in [0.3, 0.4) is 0 Å². The first-order valence-corrected chi connectivity index (χ1v) is 4.95. The number of rotatable bonds is 1. The van der Waals surface area contributed by atoms with Crippen LogP contribution < -0.4 is 10.2 Å². The largest absolute Gasteiger partial charge is 0.339 e.